The van der Waals surface area contributed by atoms with Crippen molar-refractivity contribution in [2.75, 3.05) is 7.11 Å². The van der Waals surface area contributed by atoms with Crippen molar-refractivity contribution in [1.82, 2.24) is 5.32 Å². The van der Waals surface area contributed by atoms with Crippen LogP contribution >= 0.6 is 0 Å². The molecule has 100 valence electrons. The minimum atomic E-state index is -0.689. The van der Waals surface area contributed by atoms with E-state index in [1.807, 2.05) is 32.0 Å². The Labute approximate surface area is 113 Å². The number of esters is 1. The quantitative estimate of drug-likeness (QED) is 0.856. The van der Waals surface area contributed by atoms with Gasteiger partial charge in [-0.1, -0.05) is 42.5 Å². The van der Waals surface area contributed by atoms with Crippen LogP contribution in [0.2, 0.25) is 0 Å². The first kappa shape index (κ1) is 13.6. The van der Waals surface area contributed by atoms with Gasteiger partial charge in [0.05, 0.1) is 7.11 Å². The molecule has 0 aliphatic carbocycles. The van der Waals surface area contributed by atoms with Crippen LogP contribution in [0.5, 0.6) is 0 Å². The van der Waals surface area contributed by atoms with E-state index >= 15 is 0 Å². The molecule has 0 saturated carbocycles. The number of nitrogens with one attached hydrogen (secondary N) is 1. The van der Waals surface area contributed by atoms with E-state index in [4.69, 9.17) is 4.74 Å². The normalized spacial score (nSPS) is 11.5. The predicted molar refractivity (Wildman–Crippen MR) is 76.9 cm³/mol. The van der Waals surface area contributed by atoms with Crippen LogP contribution in [0.25, 0.3) is 10.8 Å². The van der Waals surface area contributed by atoms with E-state index < -0.39 is 5.54 Å². The second-order valence-corrected chi connectivity index (χ2v) is 5.11. The van der Waals surface area contributed by atoms with E-state index in [9.17, 15) is 4.79 Å². The Morgan fingerprint density at radius 3 is 2.58 bits per heavy atom. The van der Waals surface area contributed by atoms with E-state index in [0.29, 0.717) is 6.54 Å². The fourth-order valence-electron chi connectivity index (χ4n) is 2.09. The highest BCUT2D eigenvalue weighted by atomic mass is 16.5. The maximum atomic E-state index is 11.6. The molecular weight excluding hydrogens is 238 g/mol. The molecule has 2 aromatic rings. The largest absolute Gasteiger partial charge is 0.468 e. The molecule has 0 aromatic heterocycles. The zero-order valence-electron chi connectivity index (χ0n) is 11.6. The molecule has 2 rings (SSSR count). The summed E-state index contributed by atoms with van der Waals surface area (Å²) in [6, 6.07) is 14.4. The Morgan fingerprint density at radius 1 is 1.16 bits per heavy atom. The zero-order chi connectivity index (χ0) is 13.9. The lowest BCUT2D eigenvalue weighted by atomic mass is 10.0. The molecule has 0 fully saturated rings. The number of carbonyl (C=O) groups is 1. The van der Waals surface area contributed by atoms with Crippen LogP contribution in [-0.2, 0) is 16.1 Å². The smallest absolute Gasteiger partial charge is 0.325 e. The van der Waals surface area contributed by atoms with Crippen molar-refractivity contribution in [2.24, 2.45) is 0 Å². The molecule has 0 bridgehead atoms. The molecule has 1 N–H and O–H groups in total. The van der Waals surface area contributed by atoms with Crippen molar-refractivity contribution in [1.29, 1.82) is 0 Å². The van der Waals surface area contributed by atoms with Gasteiger partial charge in [-0.2, -0.15) is 0 Å². The summed E-state index contributed by atoms with van der Waals surface area (Å²) in [4.78, 5) is 11.6. The summed E-state index contributed by atoms with van der Waals surface area (Å²) < 4.78 is 4.79. The highest BCUT2D eigenvalue weighted by molar-refractivity contribution is 5.85. The number of fused-ring (bicyclic) bond motifs is 1. The summed E-state index contributed by atoms with van der Waals surface area (Å²) in [5.74, 6) is -0.257. The van der Waals surface area contributed by atoms with Gasteiger partial charge in [0.25, 0.3) is 0 Å². The number of ether oxygens (including phenoxy) is 1. The van der Waals surface area contributed by atoms with Gasteiger partial charge in [0.15, 0.2) is 0 Å². The zero-order valence-corrected chi connectivity index (χ0v) is 11.6. The van der Waals surface area contributed by atoms with Gasteiger partial charge in [-0.3, -0.25) is 10.1 Å². The SMILES string of the molecule is COC(=O)C(C)(C)NCc1cccc2ccccc12. The molecule has 0 amide bonds. The summed E-state index contributed by atoms with van der Waals surface area (Å²) >= 11 is 0. The van der Waals surface area contributed by atoms with Gasteiger partial charge < -0.3 is 4.74 Å². The Morgan fingerprint density at radius 2 is 1.84 bits per heavy atom. The van der Waals surface area contributed by atoms with Crippen LogP contribution in [0.1, 0.15) is 19.4 Å². The van der Waals surface area contributed by atoms with Crippen molar-refractivity contribution >= 4 is 16.7 Å². The van der Waals surface area contributed by atoms with Crippen LogP contribution < -0.4 is 5.32 Å². The number of rotatable bonds is 4. The van der Waals surface area contributed by atoms with Crippen LogP contribution in [0.3, 0.4) is 0 Å². The summed E-state index contributed by atoms with van der Waals surface area (Å²) in [5.41, 5.74) is 0.487. The third kappa shape index (κ3) is 2.93. The minimum absolute atomic E-state index is 0.257. The summed E-state index contributed by atoms with van der Waals surface area (Å²) in [7, 11) is 1.41. The van der Waals surface area contributed by atoms with Crippen LogP contribution in [0.15, 0.2) is 42.5 Å². The Kier molecular flexibility index (Phi) is 3.86. The van der Waals surface area contributed by atoms with Gasteiger partial charge in [-0.15, -0.1) is 0 Å². The molecule has 3 heteroatoms. The summed E-state index contributed by atoms with van der Waals surface area (Å²) in [5, 5.41) is 5.66. The summed E-state index contributed by atoms with van der Waals surface area (Å²) in [6.07, 6.45) is 0. The average molecular weight is 257 g/mol. The second-order valence-electron chi connectivity index (χ2n) is 5.11. The van der Waals surface area contributed by atoms with Crippen LogP contribution in [-0.4, -0.2) is 18.6 Å². The molecule has 2 aromatic carbocycles. The van der Waals surface area contributed by atoms with Crippen molar-refractivity contribution in [3.8, 4) is 0 Å². The van der Waals surface area contributed by atoms with Gasteiger partial charge in [0.1, 0.15) is 5.54 Å². The molecule has 0 heterocycles. The lowest BCUT2D eigenvalue weighted by Crippen LogP contribution is -2.46. The monoisotopic (exact) mass is 257 g/mol. The average Bonchev–Trinajstić information content (AvgIpc) is 2.44. The van der Waals surface area contributed by atoms with Crippen molar-refractivity contribution in [2.45, 2.75) is 25.9 Å². The van der Waals surface area contributed by atoms with Gasteiger partial charge >= 0.3 is 5.97 Å². The number of hydrogen-bond acceptors (Lipinski definition) is 3. The van der Waals surface area contributed by atoms with Crippen molar-refractivity contribution < 1.29 is 9.53 Å². The first-order chi connectivity index (χ1) is 9.04. The van der Waals surface area contributed by atoms with Crippen molar-refractivity contribution in [3.05, 3.63) is 48.0 Å². The Balaban J connectivity index is 2.21. The van der Waals surface area contributed by atoms with Gasteiger partial charge in [-0.25, -0.2) is 0 Å². The number of benzene rings is 2. The van der Waals surface area contributed by atoms with E-state index in [1.54, 1.807) is 0 Å². The predicted octanol–water partition coefficient (Wildman–Crippen LogP) is 2.88. The number of methoxy groups -OCH3 is 1. The molecule has 0 radical (unpaired) electrons. The molecule has 3 nitrogen and oxygen atoms in total. The molecule has 0 saturated heterocycles. The van der Waals surface area contributed by atoms with Gasteiger partial charge in [0.2, 0.25) is 0 Å². The molecule has 0 spiro atoms. The Hall–Kier alpha value is -1.87. The summed E-state index contributed by atoms with van der Waals surface area (Å²) in [6.45, 7) is 4.28. The molecule has 0 unspecified atom stereocenters. The fourth-order valence-corrected chi connectivity index (χ4v) is 2.09. The first-order valence-electron chi connectivity index (χ1n) is 6.34. The number of hydrogen-bond donors (Lipinski definition) is 1. The topological polar surface area (TPSA) is 38.3 Å². The first-order valence-corrected chi connectivity index (χ1v) is 6.34. The standard InChI is InChI=1S/C16H19NO2/c1-16(2,15(18)19-3)17-11-13-9-6-8-12-7-4-5-10-14(12)13/h4-10,17H,11H2,1-3H3. The van der Waals surface area contributed by atoms with E-state index in [2.05, 4.69) is 29.6 Å². The molecule has 0 atom stereocenters. The van der Waals surface area contributed by atoms with Gasteiger partial charge in [-0.05, 0) is 30.2 Å². The maximum absolute atomic E-state index is 11.6. The minimum Gasteiger partial charge on any atom is -0.468 e. The molecule has 0 aliphatic rings. The van der Waals surface area contributed by atoms with E-state index in [1.165, 1.54) is 23.4 Å². The maximum Gasteiger partial charge on any atom is 0.325 e. The molecule has 19 heavy (non-hydrogen) atoms. The number of carbonyl (C=O) groups excluding carboxylic acids is 1. The van der Waals surface area contributed by atoms with Crippen molar-refractivity contribution in [3.63, 3.8) is 0 Å². The second kappa shape index (κ2) is 5.41. The fraction of sp³-hybridized carbons (Fsp3) is 0.312. The van der Waals surface area contributed by atoms with E-state index in [-0.39, 0.29) is 5.97 Å². The lowest BCUT2D eigenvalue weighted by molar-refractivity contribution is -0.147. The van der Waals surface area contributed by atoms with Gasteiger partial charge in [0, 0.05) is 6.54 Å². The Bertz CT molecular complexity index is 585. The molecular formula is C16H19NO2. The van der Waals surface area contributed by atoms with Crippen LogP contribution in [0.4, 0.5) is 0 Å². The van der Waals surface area contributed by atoms with Crippen LogP contribution in [0, 0.1) is 0 Å². The van der Waals surface area contributed by atoms with E-state index in [0.717, 1.165) is 0 Å². The highest BCUT2D eigenvalue weighted by Gasteiger charge is 2.27. The molecule has 0 aliphatic heterocycles. The lowest BCUT2D eigenvalue weighted by Gasteiger charge is -2.23. The third-order valence-corrected chi connectivity index (χ3v) is 3.30. The third-order valence-electron chi connectivity index (χ3n) is 3.30. The highest BCUT2D eigenvalue weighted by Crippen LogP contribution is 2.19.